The van der Waals surface area contributed by atoms with Crippen LogP contribution in [0.3, 0.4) is 0 Å². The third-order valence-electron chi connectivity index (χ3n) is 3.01. The number of rotatable bonds is 1. The van der Waals surface area contributed by atoms with Crippen LogP contribution in [0.15, 0.2) is 41.2 Å². The lowest BCUT2D eigenvalue weighted by atomic mass is 10.1. The summed E-state index contributed by atoms with van der Waals surface area (Å²) >= 11 is 0. The number of aromatic carboxylic acids is 1. The smallest absolute Gasteiger partial charge is 0.337 e. The van der Waals surface area contributed by atoms with Crippen LogP contribution in [0, 0.1) is 0 Å². The largest absolute Gasteiger partial charge is 0.478 e. The monoisotopic (exact) mass is 227 g/mol. The van der Waals surface area contributed by atoms with Crippen molar-refractivity contribution in [1.82, 2.24) is 4.57 Å². The summed E-state index contributed by atoms with van der Waals surface area (Å²) in [6, 6.07) is 10.1. The Morgan fingerprint density at radius 1 is 1.18 bits per heavy atom. The number of pyridine rings is 1. The van der Waals surface area contributed by atoms with E-state index in [1.807, 2.05) is 24.3 Å². The van der Waals surface area contributed by atoms with E-state index in [9.17, 15) is 9.59 Å². The molecule has 0 aliphatic carbocycles. The summed E-state index contributed by atoms with van der Waals surface area (Å²) in [5.41, 5.74) is 2.34. The van der Waals surface area contributed by atoms with Gasteiger partial charge in [-0.15, -0.1) is 0 Å². The number of fused-ring (bicyclic) bond motifs is 3. The van der Waals surface area contributed by atoms with Crippen LogP contribution < -0.4 is 5.56 Å². The van der Waals surface area contributed by atoms with Crippen molar-refractivity contribution in [2.75, 3.05) is 0 Å². The third-order valence-corrected chi connectivity index (χ3v) is 3.01. The van der Waals surface area contributed by atoms with Gasteiger partial charge in [0.2, 0.25) is 0 Å². The van der Waals surface area contributed by atoms with E-state index in [-0.39, 0.29) is 11.1 Å². The van der Waals surface area contributed by atoms with Gasteiger partial charge in [-0.1, -0.05) is 18.2 Å². The molecule has 1 N–H and O–H groups in total. The number of hydrogen-bond acceptors (Lipinski definition) is 2. The summed E-state index contributed by atoms with van der Waals surface area (Å²) in [7, 11) is 0. The van der Waals surface area contributed by atoms with Crippen molar-refractivity contribution in [3.8, 4) is 5.69 Å². The Balaban J connectivity index is 2.38. The fraction of sp³-hybridized carbons (Fsp3) is 0.0769. The van der Waals surface area contributed by atoms with E-state index in [1.54, 1.807) is 0 Å². The van der Waals surface area contributed by atoms with Gasteiger partial charge in [-0.05, 0) is 17.7 Å². The van der Waals surface area contributed by atoms with E-state index in [0.29, 0.717) is 12.1 Å². The fourth-order valence-electron chi connectivity index (χ4n) is 2.27. The quantitative estimate of drug-likeness (QED) is 0.684. The van der Waals surface area contributed by atoms with Gasteiger partial charge in [-0.25, -0.2) is 4.79 Å². The van der Waals surface area contributed by atoms with Gasteiger partial charge in [-0.3, -0.25) is 9.36 Å². The Labute approximate surface area is 96.8 Å². The van der Waals surface area contributed by atoms with Gasteiger partial charge in [0.15, 0.2) is 0 Å². The normalized spacial score (nSPS) is 12.0. The zero-order valence-electron chi connectivity index (χ0n) is 8.88. The number of carbonyl (C=O) groups is 1. The van der Waals surface area contributed by atoms with Crippen molar-refractivity contribution in [1.29, 1.82) is 0 Å². The van der Waals surface area contributed by atoms with Crippen molar-refractivity contribution in [2.45, 2.75) is 6.42 Å². The molecule has 1 aromatic carbocycles. The van der Waals surface area contributed by atoms with Gasteiger partial charge in [0.05, 0.1) is 11.3 Å². The summed E-state index contributed by atoms with van der Waals surface area (Å²) in [6.07, 6.45) is 0.494. The Hall–Kier alpha value is -2.36. The van der Waals surface area contributed by atoms with Crippen molar-refractivity contribution in [3.05, 3.63) is 63.6 Å². The number of hydrogen-bond donors (Lipinski definition) is 1. The predicted molar refractivity (Wildman–Crippen MR) is 61.8 cm³/mol. The molecule has 4 nitrogen and oxygen atoms in total. The average molecular weight is 227 g/mol. The standard InChI is InChI=1S/C13H9NO3/c15-12-6-5-9(13(16)17)11-7-8-3-1-2-4-10(8)14(11)12/h1-6H,7H2,(H,16,17). The van der Waals surface area contributed by atoms with E-state index in [2.05, 4.69) is 0 Å². The molecular formula is C13H9NO3. The van der Waals surface area contributed by atoms with Gasteiger partial charge >= 0.3 is 5.97 Å². The number of aromatic nitrogens is 1. The Morgan fingerprint density at radius 3 is 2.71 bits per heavy atom. The molecule has 0 amide bonds. The molecule has 0 saturated carbocycles. The van der Waals surface area contributed by atoms with Gasteiger partial charge in [0.25, 0.3) is 5.56 Å². The molecule has 0 saturated heterocycles. The molecule has 4 heteroatoms. The minimum Gasteiger partial charge on any atom is -0.478 e. The molecule has 0 fully saturated rings. The number of benzene rings is 1. The first-order valence-electron chi connectivity index (χ1n) is 5.25. The highest BCUT2D eigenvalue weighted by Gasteiger charge is 2.23. The number of carboxylic acid groups (broad SMARTS) is 1. The van der Waals surface area contributed by atoms with Crippen LogP contribution in [0.1, 0.15) is 21.6 Å². The number of carboxylic acids is 1. The summed E-state index contributed by atoms with van der Waals surface area (Å²) in [6.45, 7) is 0. The van der Waals surface area contributed by atoms with E-state index < -0.39 is 5.97 Å². The maximum Gasteiger partial charge on any atom is 0.337 e. The summed E-state index contributed by atoms with van der Waals surface area (Å²) in [5.74, 6) is -0.999. The molecule has 0 atom stereocenters. The van der Waals surface area contributed by atoms with Crippen molar-refractivity contribution >= 4 is 5.97 Å². The highest BCUT2D eigenvalue weighted by atomic mass is 16.4. The SMILES string of the molecule is O=C(O)c1ccc(=O)n2c1Cc1ccccc1-2. The zero-order chi connectivity index (χ0) is 12.0. The highest BCUT2D eigenvalue weighted by Crippen LogP contribution is 2.27. The van der Waals surface area contributed by atoms with E-state index in [1.165, 1.54) is 16.7 Å². The van der Waals surface area contributed by atoms with Crippen LogP contribution in [0.5, 0.6) is 0 Å². The molecular weight excluding hydrogens is 218 g/mol. The molecule has 2 aromatic rings. The molecule has 1 aliphatic rings. The van der Waals surface area contributed by atoms with Crippen molar-refractivity contribution in [3.63, 3.8) is 0 Å². The maximum absolute atomic E-state index is 11.8. The van der Waals surface area contributed by atoms with Gasteiger partial charge in [0.1, 0.15) is 0 Å². The summed E-state index contributed by atoms with van der Waals surface area (Å²) < 4.78 is 1.48. The lowest BCUT2D eigenvalue weighted by Gasteiger charge is -2.06. The molecule has 1 aromatic heterocycles. The Bertz CT molecular complexity index is 685. The van der Waals surface area contributed by atoms with Crippen LogP contribution in [0.25, 0.3) is 5.69 Å². The minimum atomic E-state index is -0.999. The second-order valence-corrected chi connectivity index (χ2v) is 3.98. The van der Waals surface area contributed by atoms with Crippen LogP contribution in [-0.2, 0) is 6.42 Å². The molecule has 0 unspecified atom stereocenters. The molecule has 84 valence electrons. The molecule has 0 radical (unpaired) electrons. The van der Waals surface area contributed by atoms with Crippen LogP contribution in [-0.4, -0.2) is 15.6 Å². The van der Waals surface area contributed by atoms with Crippen LogP contribution in [0.2, 0.25) is 0 Å². The molecule has 17 heavy (non-hydrogen) atoms. The summed E-state index contributed by atoms with van der Waals surface area (Å²) in [5, 5.41) is 9.10. The van der Waals surface area contributed by atoms with E-state index >= 15 is 0 Å². The first-order valence-corrected chi connectivity index (χ1v) is 5.25. The van der Waals surface area contributed by atoms with E-state index in [4.69, 9.17) is 5.11 Å². The van der Waals surface area contributed by atoms with Crippen molar-refractivity contribution in [2.24, 2.45) is 0 Å². The van der Waals surface area contributed by atoms with Crippen LogP contribution in [0.4, 0.5) is 0 Å². The summed E-state index contributed by atoms with van der Waals surface area (Å²) in [4.78, 5) is 22.9. The van der Waals surface area contributed by atoms with Crippen LogP contribution >= 0.6 is 0 Å². The van der Waals surface area contributed by atoms with Gasteiger partial charge in [-0.2, -0.15) is 0 Å². The average Bonchev–Trinajstić information content (AvgIpc) is 2.68. The van der Waals surface area contributed by atoms with E-state index in [0.717, 1.165) is 11.3 Å². The first-order chi connectivity index (χ1) is 8.18. The lowest BCUT2D eigenvalue weighted by molar-refractivity contribution is 0.0695. The fourth-order valence-corrected chi connectivity index (χ4v) is 2.27. The topological polar surface area (TPSA) is 59.3 Å². The second kappa shape index (κ2) is 3.31. The molecule has 3 rings (SSSR count). The first kappa shape index (κ1) is 9.84. The Morgan fingerprint density at radius 2 is 1.94 bits per heavy atom. The zero-order valence-corrected chi connectivity index (χ0v) is 8.88. The van der Waals surface area contributed by atoms with Gasteiger partial charge < -0.3 is 5.11 Å². The highest BCUT2D eigenvalue weighted by molar-refractivity contribution is 5.89. The number of nitrogens with zero attached hydrogens (tertiary/aromatic N) is 1. The van der Waals surface area contributed by atoms with Crippen molar-refractivity contribution < 1.29 is 9.90 Å². The molecule has 2 heterocycles. The minimum absolute atomic E-state index is 0.185. The third kappa shape index (κ3) is 1.30. The predicted octanol–water partition coefficient (Wildman–Crippen LogP) is 1.44. The number of para-hydroxylation sites is 1. The molecule has 1 aliphatic heterocycles. The molecule has 0 bridgehead atoms. The maximum atomic E-state index is 11.8. The Kier molecular flexibility index (Phi) is 1.92. The van der Waals surface area contributed by atoms with Gasteiger partial charge in [0, 0.05) is 18.2 Å². The molecule has 0 spiro atoms. The lowest BCUT2D eigenvalue weighted by Crippen LogP contribution is -2.20. The second-order valence-electron chi connectivity index (χ2n) is 3.98.